The zero-order valence-corrected chi connectivity index (χ0v) is 11.4. The molecule has 0 amide bonds. The molecule has 2 heterocycles. The molecule has 0 aromatic carbocycles. The van der Waals surface area contributed by atoms with Gasteiger partial charge in [0.1, 0.15) is 6.20 Å². The van der Waals surface area contributed by atoms with Crippen LogP contribution in [0.15, 0.2) is 29.0 Å². The van der Waals surface area contributed by atoms with Gasteiger partial charge in [-0.15, -0.1) is 0 Å². The lowest BCUT2D eigenvalue weighted by Gasteiger charge is -2.13. The van der Waals surface area contributed by atoms with Crippen molar-refractivity contribution >= 4 is 27.3 Å². The highest BCUT2D eigenvalue weighted by Gasteiger charge is 2.18. The van der Waals surface area contributed by atoms with Crippen LogP contribution in [-0.2, 0) is 0 Å². The van der Waals surface area contributed by atoms with E-state index in [-0.39, 0.29) is 5.69 Å². The molecule has 0 aliphatic rings. The highest BCUT2D eigenvalue weighted by atomic mass is 79.9. The molecule has 2 aromatic heterocycles. The van der Waals surface area contributed by atoms with Gasteiger partial charge in [0.2, 0.25) is 0 Å². The molecule has 1 N–H and O–H groups in total. The molecule has 0 unspecified atom stereocenters. The first-order chi connectivity index (χ1) is 8.50. The number of nitro groups is 1. The Labute approximate surface area is 112 Å². The van der Waals surface area contributed by atoms with Crippen LogP contribution >= 0.6 is 15.9 Å². The molecule has 0 saturated carbocycles. The van der Waals surface area contributed by atoms with Gasteiger partial charge in [0, 0.05) is 17.6 Å². The van der Waals surface area contributed by atoms with E-state index in [1.54, 1.807) is 4.68 Å². The Morgan fingerprint density at radius 1 is 1.33 bits per heavy atom. The summed E-state index contributed by atoms with van der Waals surface area (Å²) in [6.45, 7) is 3.84. The van der Waals surface area contributed by atoms with Crippen molar-refractivity contribution in [3.05, 3.63) is 50.5 Å². The molecular formula is C11H11BrN4O2. The summed E-state index contributed by atoms with van der Waals surface area (Å²) in [6, 6.07) is 3.87. The van der Waals surface area contributed by atoms with Crippen molar-refractivity contribution < 1.29 is 4.92 Å². The van der Waals surface area contributed by atoms with E-state index in [0.717, 1.165) is 11.4 Å². The largest absolute Gasteiger partial charge is 0.313 e. The SMILES string of the molecule is Cc1ccc(C)n1Nc1c(Br)cncc1[N+](=O)[O-]. The summed E-state index contributed by atoms with van der Waals surface area (Å²) < 4.78 is 2.33. The summed E-state index contributed by atoms with van der Waals surface area (Å²) in [7, 11) is 0. The van der Waals surface area contributed by atoms with Crippen molar-refractivity contribution in [3.8, 4) is 0 Å². The van der Waals surface area contributed by atoms with Crippen molar-refractivity contribution in [1.29, 1.82) is 0 Å². The monoisotopic (exact) mass is 310 g/mol. The highest BCUT2D eigenvalue weighted by Crippen LogP contribution is 2.31. The number of nitrogens with one attached hydrogen (secondary N) is 1. The fourth-order valence-corrected chi connectivity index (χ4v) is 2.04. The third-order valence-electron chi connectivity index (χ3n) is 2.57. The van der Waals surface area contributed by atoms with Crippen LogP contribution in [0.2, 0.25) is 0 Å². The van der Waals surface area contributed by atoms with E-state index < -0.39 is 4.92 Å². The number of anilines is 1. The maximum Gasteiger partial charge on any atom is 0.313 e. The zero-order chi connectivity index (χ0) is 13.3. The van der Waals surface area contributed by atoms with Gasteiger partial charge in [-0.3, -0.25) is 25.2 Å². The quantitative estimate of drug-likeness (QED) is 0.698. The second-order valence-corrected chi connectivity index (χ2v) is 4.69. The van der Waals surface area contributed by atoms with Crippen molar-refractivity contribution in [2.45, 2.75) is 13.8 Å². The molecule has 0 atom stereocenters. The Bertz CT molecular complexity index is 590. The number of hydrogen-bond acceptors (Lipinski definition) is 4. The Kier molecular flexibility index (Phi) is 3.33. The van der Waals surface area contributed by atoms with Crippen LogP contribution in [-0.4, -0.2) is 14.6 Å². The van der Waals surface area contributed by atoms with E-state index in [9.17, 15) is 10.1 Å². The first kappa shape index (κ1) is 12.6. The summed E-state index contributed by atoms with van der Waals surface area (Å²) in [5, 5.41) is 11.0. The van der Waals surface area contributed by atoms with Crippen molar-refractivity contribution in [2.24, 2.45) is 0 Å². The average Bonchev–Trinajstić information content (AvgIpc) is 2.62. The fraction of sp³-hybridized carbons (Fsp3) is 0.182. The van der Waals surface area contributed by atoms with E-state index in [1.807, 2.05) is 26.0 Å². The maximum atomic E-state index is 11.0. The molecule has 18 heavy (non-hydrogen) atoms. The first-order valence-electron chi connectivity index (χ1n) is 5.20. The molecule has 2 rings (SSSR count). The second-order valence-electron chi connectivity index (χ2n) is 3.84. The van der Waals surface area contributed by atoms with Gasteiger partial charge in [0.25, 0.3) is 0 Å². The van der Waals surface area contributed by atoms with Crippen molar-refractivity contribution in [2.75, 3.05) is 5.43 Å². The lowest BCUT2D eigenvalue weighted by atomic mass is 10.3. The minimum Gasteiger partial charge on any atom is -0.287 e. The standard InChI is InChI=1S/C11H11BrN4O2/c1-7-3-4-8(2)15(7)14-11-9(12)5-13-6-10(11)16(17)18/h3-6H,1-2H3,(H,13,14). The smallest absolute Gasteiger partial charge is 0.287 e. The van der Waals surface area contributed by atoms with Gasteiger partial charge < -0.3 is 0 Å². The fourth-order valence-electron chi connectivity index (χ4n) is 1.63. The molecule has 0 bridgehead atoms. The van der Waals surface area contributed by atoms with Gasteiger partial charge in [0.05, 0.1) is 9.40 Å². The molecule has 94 valence electrons. The zero-order valence-electron chi connectivity index (χ0n) is 9.85. The van der Waals surface area contributed by atoms with E-state index >= 15 is 0 Å². The van der Waals surface area contributed by atoms with Crippen LogP contribution in [0.3, 0.4) is 0 Å². The minimum atomic E-state index is -0.464. The number of halogens is 1. The first-order valence-corrected chi connectivity index (χ1v) is 6.00. The van der Waals surface area contributed by atoms with Crippen LogP contribution in [0.5, 0.6) is 0 Å². The molecular weight excluding hydrogens is 300 g/mol. The summed E-state index contributed by atoms with van der Waals surface area (Å²) >= 11 is 3.27. The highest BCUT2D eigenvalue weighted by molar-refractivity contribution is 9.10. The summed E-state index contributed by atoms with van der Waals surface area (Å²) in [4.78, 5) is 14.3. The van der Waals surface area contributed by atoms with Crippen molar-refractivity contribution in [1.82, 2.24) is 9.66 Å². The lowest BCUT2D eigenvalue weighted by Crippen LogP contribution is -2.14. The maximum absolute atomic E-state index is 11.0. The molecule has 0 spiro atoms. The molecule has 0 aliphatic heterocycles. The Balaban J connectivity index is 2.49. The van der Waals surface area contributed by atoms with Crippen LogP contribution < -0.4 is 5.43 Å². The Morgan fingerprint density at radius 2 is 1.94 bits per heavy atom. The van der Waals surface area contributed by atoms with Gasteiger partial charge >= 0.3 is 5.69 Å². The average molecular weight is 311 g/mol. The number of aromatic nitrogens is 2. The van der Waals surface area contributed by atoms with Gasteiger partial charge in [-0.1, -0.05) is 0 Å². The van der Waals surface area contributed by atoms with Gasteiger partial charge in [-0.25, -0.2) is 0 Å². The van der Waals surface area contributed by atoms with Crippen LogP contribution in [0.25, 0.3) is 0 Å². The van der Waals surface area contributed by atoms with E-state index in [2.05, 4.69) is 26.3 Å². The normalized spacial score (nSPS) is 10.4. The molecule has 0 fully saturated rings. The number of rotatable bonds is 3. The lowest BCUT2D eigenvalue weighted by molar-refractivity contribution is -0.384. The third kappa shape index (κ3) is 2.21. The summed E-state index contributed by atoms with van der Waals surface area (Å²) in [6.07, 6.45) is 2.74. The predicted octanol–water partition coefficient (Wildman–Crippen LogP) is 3.05. The van der Waals surface area contributed by atoms with E-state index in [1.165, 1.54) is 12.4 Å². The number of nitrogens with zero attached hydrogens (tertiary/aromatic N) is 3. The summed E-state index contributed by atoms with van der Waals surface area (Å²) in [5.74, 6) is 0. The van der Waals surface area contributed by atoms with Gasteiger partial charge in [-0.2, -0.15) is 0 Å². The van der Waals surface area contributed by atoms with Crippen LogP contribution in [0.4, 0.5) is 11.4 Å². The Hall–Kier alpha value is -1.89. The van der Waals surface area contributed by atoms with Crippen LogP contribution in [0, 0.1) is 24.0 Å². The van der Waals surface area contributed by atoms with Gasteiger partial charge in [-0.05, 0) is 41.9 Å². The topological polar surface area (TPSA) is 73.0 Å². The number of aryl methyl sites for hydroxylation is 2. The molecule has 0 aliphatic carbocycles. The van der Waals surface area contributed by atoms with E-state index in [0.29, 0.717) is 10.2 Å². The van der Waals surface area contributed by atoms with Crippen LogP contribution in [0.1, 0.15) is 11.4 Å². The number of pyridine rings is 1. The third-order valence-corrected chi connectivity index (χ3v) is 3.17. The predicted molar refractivity (Wildman–Crippen MR) is 71.5 cm³/mol. The molecule has 7 heteroatoms. The van der Waals surface area contributed by atoms with Crippen molar-refractivity contribution in [3.63, 3.8) is 0 Å². The molecule has 0 radical (unpaired) electrons. The van der Waals surface area contributed by atoms with Gasteiger partial charge in [0.15, 0.2) is 5.69 Å². The van der Waals surface area contributed by atoms with E-state index in [4.69, 9.17) is 0 Å². The molecule has 0 saturated heterocycles. The molecule has 6 nitrogen and oxygen atoms in total. The Morgan fingerprint density at radius 3 is 2.50 bits per heavy atom. The minimum absolute atomic E-state index is 0.0723. The second kappa shape index (κ2) is 4.77. The number of hydrogen-bond donors (Lipinski definition) is 1. The summed E-state index contributed by atoms with van der Waals surface area (Å²) in [5.41, 5.74) is 5.27. The molecule has 2 aromatic rings.